The van der Waals surface area contributed by atoms with E-state index in [1.165, 1.54) is 11.8 Å². The molecule has 0 rings (SSSR count). The van der Waals surface area contributed by atoms with Gasteiger partial charge in [0.25, 0.3) is 0 Å². The van der Waals surface area contributed by atoms with E-state index >= 15 is 0 Å². The molecule has 35 heavy (non-hydrogen) atoms. The van der Waals surface area contributed by atoms with Gasteiger partial charge in [-0.2, -0.15) is 11.8 Å². The number of hydrogen-bond acceptors (Lipinski definition) is 8. The molecule has 0 heterocycles. The molecule has 0 aliphatic carbocycles. The highest BCUT2D eigenvalue weighted by Gasteiger charge is 2.30. The van der Waals surface area contributed by atoms with Crippen molar-refractivity contribution < 1.29 is 24.3 Å². The second-order valence-electron chi connectivity index (χ2n) is 9.11. The van der Waals surface area contributed by atoms with Crippen LogP contribution in [0, 0.1) is 5.92 Å². The van der Waals surface area contributed by atoms with Gasteiger partial charge in [-0.15, -0.1) is 0 Å². The van der Waals surface area contributed by atoms with Crippen LogP contribution in [0.2, 0.25) is 0 Å². The Morgan fingerprint density at radius 3 is 1.69 bits per heavy atom. The number of carbonyl (C=O) groups excluding carboxylic acids is 3. The number of aliphatic carboxylic acids is 1. The van der Waals surface area contributed by atoms with E-state index < -0.39 is 47.9 Å². The van der Waals surface area contributed by atoms with Crippen molar-refractivity contribution in [1.29, 1.82) is 0 Å². The molecule has 204 valence electrons. The molecule has 10 N–H and O–H groups in total. The van der Waals surface area contributed by atoms with Crippen molar-refractivity contribution in [2.45, 2.75) is 89.4 Å². The lowest BCUT2D eigenvalue weighted by Gasteiger charge is -2.25. The zero-order valence-corrected chi connectivity index (χ0v) is 22.2. The van der Waals surface area contributed by atoms with E-state index in [0.29, 0.717) is 63.8 Å². The molecule has 12 heteroatoms. The lowest BCUT2D eigenvalue weighted by Crippen LogP contribution is -2.57. The predicted octanol–water partition coefficient (Wildman–Crippen LogP) is -0.0901. The third-order valence-corrected chi connectivity index (χ3v) is 6.09. The van der Waals surface area contributed by atoms with Crippen LogP contribution < -0.4 is 33.2 Å². The van der Waals surface area contributed by atoms with Gasteiger partial charge in [-0.25, -0.2) is 4.79 Å². The fourth-order valence-electron chi connectivity index (χ4n) is 3.45. The molecule has 4 unspecified atom stereocenters. The van der Waals surface area contributed by atoms with E-state index in [1.807, 2.05) is 20.1 Å². The molecular weight excluding hydrogens is 472 g/mol. The maximum absolute atomic E-state index is 13.1. The summed E-state index contributed by atoms with van der Waals surface area (Å²) < 4.78 is 0. The zero-order chi connectivity index (χ0) is 26.8. The molecule has 0 aromatic heterocycles. The molecule has 0 aromatic carbocycles. The number of carbonyl (C=O) groups is 4. The summed E-state index contributed by atoms with van der Waals surface area (Å²) in [5, 5.41) is 17.4. The summed E-state index contributed by atoms with van der Waals surface area (Å²) in [4.78, 5) is 50.2. The molecule has 3 amide bonds. The van der Waals surface area contributed by atoms with Crippen molar-refractivity contribution in [3.8, 4) is 0 Å². The minimum Gasteiger partial charge on any atom is -0.480 e. The Morgan fingerprint density at radius 1 is 0.771 bits per heavy atom. The number of nitrogens with one attached hydrogen (secondary N) is 3. The molecule has 0 saturated heterocycles. The lowest BCUT2D eigenvalue weighted by atomic mass is 10.0. The molecule has 0 saturated carbocycles. The van der Waals surface area contributed by atoms with Crippen molar-refractivity contribution >= 4 is 35.5 Å². The van der Waals surface area contributed by atoms with Crippen molar-refractivity contribution in [2.24, 2.45) is 23.1 Å². The second-order valence-corrected chi connectivity index (χ2v) is 10.1. The Kier molecular flexibility index (Phi) is 18.3. The van der Waals surface area contributed by atoms with Crippen LogP contribution in [0.5, 0.6) is 0 Å². The van der Waals surface area contributed by atoms with E-state index in [0.717, 1.165) is 0 Å². The summed E-state index contributed by atoms with van der Waals surface area (Å²) in [7, 11) is 0. The average molecular weight is 519 g/mol. The highest BCUT2D eigenvalue weighted by molar-refractivity contribution is 7.98. The van der Waals surface area contributed by atoms with Crippen molar-refractivity contribution in [3.63, 3.8) is 0 Å². The molecule has 0 radical (unpaired) electrons. The molecule has 0 aliphatic heterocycles. The number of rotatable bonds is 20. The van der Waals surface area contributed by atoms with E-state index in [-0.39, 0.29) is 12.3 Å². The quantitative estimate of drug-likeness (QED) is 0.107. The van der Waals surface area contributed by atoms with E-state index in [1.54, 1.807) is 0 Å². The van der Waals surface area contributed by atoms with Crippen molar-refractivity contribution in [2.75, 3.05) is 25.1 Å². The summed E-state index contributed by atoms with van der Waals surface area (Å²) >= 11 is 1.50. The van der Waals surface area contributed by atoms with Gasteiger partial charge in [0.1, 0.15) is 18.1 Å². The molecule has 0 aromatic rings. The van der Waals surface area contributed by atoms with Crippen LogP contribution >= 0.6 is 11.8 Å². The zero-order valence-electron chi connectivity index (χ0n) is 21.4. The standard InChI is InChI=1S/C23H46N6O5S/c1-15(2)14-16(26)20(30)27-17(8-4-6-11-24)21(31)28-18(10-13-35-3)22(32)29-19(23(33)34)9-5-7-12-25/h15-19H,4-14,24-26H2,1-3H3,(H,27,30)(H,28,31)(H,29,32)(H,33,34). The molecular formula is C23H46N6O5S. The van der Waals surface area contributed by atoms with Gasteiger partial charge >= 0.3 is 5.97 Å². The van der Waals surface area contributed by atoms with E-state index in [9.17, 15) is 24.3 Å². The van der Waals surface area contributed by atoms with Crippen molar-refractivity contribution in [1.82, 2.24) is 16.0 Å². The average Bonchev–Trinajstić information content (AvgIpc) is 2.79. The Morgan fingerprint density at radius 2 is 1.23 bits per heavy atom. The number of carboxylic acids is 1. The number of hydrogen-bond donors (Lipinski definition) is 7. The van der Waals surface area contributed by atoms with Crippen molar-refractivity contribution in [3.05, 3.63) is 0 Å². The van der Waals surface area contributed by atoms with Gasteiger partial charge in [0.15, 0.2) is 0 Å². The Balaban J connectivity index is 5.41. The minimum atomic E-state index is -1.14. The van der Waals surface area contributed by atoms with Crippen LogP contribution in [-0.4, -0.2) is 78.1 Å². The van der Waals surface area contributed by atoms with Crippen LogP contribution in [0.3, 0.4) is 0 Å². The maximum Gasteiger partial charge on any atom is 0.326 e. The lowest BCUT2D eigenvalue weighted by molar-refractivity contribution is -0.142. The van der Waals surface area contributed by atoms with Gasteiger partial charge in [0.05, 0.1) is 6.04 Å². The predicted molar refractivity (Wildman–Crippen MR) is 140 cm³/mol. The first-order chi connectivity index (χ1) is 16.6. The van der Waals surface area contributed by atoms with Crippen LogP contribution in [0.4, 0.5) is 0 Å². The third kappa shape index (κ3) is 15.0. The maximum atomic E-state index is 13.1. The largest absolute Gasteiger partial charge is 0.480 e. The van der Waals surface area contributed by atoms with Crippen LogP contribution in [0.25, 0.3) is 0 Å². The first kappa shape index (κ1) is 33.1. The van der Waals surface area contributed by atoms with Crippen LogP contribution in [0.15, 0.2) is 0 Å². The summed E-state index contributed by atoms with van der Waals surface area (Å²) in [6.45, 7) is 4.79. The second kappa shape index (κ2) is 19.3. The van der Waals surface area contributed by atoms with Gasteiger partial charge in [-0.05, 0) is 82.4 Å². The Hall–Kier alpha value is -1.89. The third-order valence-electron chi connectivity index (χ3n) is 5.45. The number of thioether (sulfide) groups is 1. The highest BCUT2D eigenvalue weighted by atomic mass is 32.2. The van der Waals surface area contributed by atoms with Gasteiger partial charge in [-0.3, -0.25) is 14.4 Å². The first-order valence-corrected chi connectivity index (χ1v) is 13.7. The number of carboxylic acid groups (broad SMARTS) is 1. The molecule has 0 spiro atoms. The van der Waals surface area contributed by atoms with Gasteiger partial charge < -0.3 is 38.3 Å². The fraction of sp³-hybridized carbons (Fsp3) is 0.826. The van der Waals surface area contributed by atoms with Gasteiger partial charge in [0, 0.05) is 0 Å². The van der Waals surface area contributed by atoms with Gasteiger partial charge in [0.2, 0.25) is 17.7 Å². The molecule has 0 fully saturated rings. The van der Waals surface area contributed by atoms with E-state index in [2.05, 4.69) is 16.0 Å². The number of nitrogens with two attached hydrogens (primary N) is 3. The normalized spacial score (nSPS) is 14.6. The van der Waals surface area contributed by atoms with Gasteiger partial charge in [-0.1, -0.05) is 13.8 Å². The Bertz CT molecular complexity index is 652. The number of unbranched alkanes of at least 4 members (excludes halogenated alkanes) is 2. The number of amides is 3. The Labute approximate surface area is 213 Å². The van der Waals surface area contributed by atoms with E-state index in [4.69, 9.17) is 17.2 Å². The summed E-state index contributed by atoms with van der Waals surface area (Å²) in [5.41, 5.74) is 17.0. The smallest absolute Gasteiger partial charge is 0.326 e. The topological polar surface area (TPSA) is 203 Å². The first-order valence-electron chi connectivity index (χ1n) is 12.4. The highest BCUT2D eigenvalue weighted by Crippen LogP contribution is 2.08. The molecule has 11 nitrogen and oxygen atoms in total. The van der Waals surface area contributed by atoms with Crippen LogP contribution in [0.1, 0.15) is 65.2 Å². The summed E-state index contributed by atoms with van der Waals surface area (Å²) in [6.07, 6.45) is 5.73. The summed E-state index contributed by atoms with van der Waals surface area (Å²) in [6, 6.07) is -3.64. The molecule has 0 bridgehead atoms. The monoisotopic (exact) mass is 518 g/mol. The fourth-order valence-corrected chi connectivity index (χ4v) is 3.93. The SMILES string of the molecule is CSCCC(NC(=O)C(CCCCN)NC(=O)C(N)CC(C)C)C(=O)NC(CCCCN)C(=O)O. The molecule has 4 atom stereocenters. The van der Waals surface area contributed by atoms with Crippen LogP contribution in [-0.2, 0) is 19.2 Å². The summed E-state index contributed by atoms with van der Waals surface area (Å²) in [5.74, 6) is -1.86. The minimum absolute atomic E-state index is 0.215. The molecule has 0 aliphatic rings.